The zero-order chi connectivity index (χ0) is 26.3. The Morgan fingerprint density at radius 2 is 1.92 bits per heavy atom. The molecule has 1 saturated heterocycles. The molecule has 0 spiro atoms. The molecule has 2 aromatic carbocycles. The van der Waals surface area contributed by atoms with Gasteiger partial charge in [0.1, 0.15) is 0 Å². The fourth-order valence-electron chi connectivity index (χ4n) is 4.36. The van der Waals surface area contributed by atoms with Crippen molar-refractivity contribution in [3.8, 4) is 11.3 Å². The quantitative estimate of drug-likeness (QED) is 0.130. The van der Waals surface area contributed by atoms with Crippen LogP contribution in [0.1, 0.15) is 32.7 Å². The SMILES string of the molecule is Cn1cc(-c2cc3c(N4CCCI(NC(=O)c5ccc(C(F)(F)F)cc5)C4)ccc(C(N)=O)c3[nH]2)cn1. The second kappa shape index (κ2) is 9.72. The van der Waals surface area contributed by atoms with E-state index in [2.05, 4.69) is 18.5 Å². The third kappa shape index (κ3) is 5.15. The normalized spacial score (nSPS) is 15.2. The van der Waals surface area contributed by atoms with Crippen LogP contribution in [0.4, 0.5) is 18.9 Å². The molecule has 37 heavy (non-hydrogen) atoms. The summed E-state index contributed by atoms with van der Waals surface area (Å²) in [5.74, 6) is -0.887. The molecule has 0 unspecified atom stereocenters. The van der Waals surface area contributed by atoms with Crippen LogP contribution < -0.4 is 14.2 Å². The molecule has 8 nitrogen and oxygen atoms in total. The van der Waals surface area contributed by atoms with Crippen molar-refractivity contribution in [2.45, 2.75) is 12.6 Å². The monoisotopic (exact) mass is 624 g/mol. The van der Waals surface area contributed by atoms with Gasteiger partial charge in [0.25, 0.3) is 0 Å². The van der Waals surface area contributed by atoms with Crippen LogP contribution in [0, 0.1) is 0 Å². The van der Waals surface area contributed by atoms with Gasteiger partial charge in [-0.2, -0.15) is 0 Å². The Hall–Kier alpha value is -3.55. The first-order valence-corrected chi connectivity index (χ1v) is 15.5. The van der Waals surface area contributed by atoms with Gasteiger partial charge in [-0.05, 0) is 0 Å². The number of nitrogens with zero attached hydrogens (tertiary/aromatic N) is 3. The zero-order valence-corrected chi connectivity index (χ0v) is 21.9. The van der Waals surface area contributed by atoms with E-state index < -0.39 is 37.7 Å². The van der Waals surface area contributed by atoms with E-state index in [0.29, 0.717) is 15.6 Å². The van der Waals surface area contributed by atoms with Crippen molar-refractivity contribution >= 4 is 48.5 Å². The van der Waals surface area contributed by atoms with E-state index >= 15 is 0 Å². The summed E-state index contributed by atoms with van der Waals surface area (Å²) in [7, 11) is 1.82. The number of rotatable bonds is 5. The number of benzene rings is 2. The first-order chi connectivity index (χ1) is 17.6. The number of nitrogens with two attached hydrogens (primary N) is 1. The Morgan fingerprint density at radius 1 is 1.16 bits per heavy atom. The summed E-state index contributed by atoms with van der Waals surface area (Å²) in [6.07, 6.45) is 0.0298. The molecule has 1 aliphatic rings. The van der Waals surface area contributed by atoms with Gasteiger partial charge in [0, 0.05) is 0 Å². The van der Waals surface area contributed by atoms with Gasteiger partial charge < -0.3 is 0 Å². The Balaban J connectivity index is 1.39. The summed E-state index contributed by atoms with van der Waals surface area (Å²) in [6, 6.07) is 9.83. The van der Waals surface area contributed by atoms with Gasteiger partial charge in [-0.15, -0.1) is 0 Å². The number of hydrogen-bond acceptors (Lipinski definition) is 4. The number of halogens is 4. The zero-order valence-electron chi connectivity index (χ0n) is 19.8. The van der Waals surface area contributed by atoms with Gasteiger partial charge in [0.05, 0.1) is 0 Å². The first kappa shape index (κ1) is 25.1. The molecule has 4 aromatic rings. The van der Waals surface area contributed by atoms with E-state index in [-0.39, 0.29) is 11.5 Å². The number of carbonyl (C=O) groups is 2. The number of nitrogens with one attached hydrogen (secondary N) is 2. The van der Waals surface area contributed by atoms with E-state index in [1.165, 1.54) is 12.1 Å². The van der Waals surface area contributed by atoms with Crippen molar-refractivity contribution in [2.24, 2.45) is 12.8 Å². The average molecular weight is 624 g/mol. The molecule has 0 atom stereocenters. The minimum absolute atomic E-state index is 0.211. The molecule has 3 heterocycles. The number of H-pyrrole nitrogens is 1. The number of aromatic amines is 1. The van der Waals surface area contributed by atoms with Crippen LogP contribution >= 0.6 is 20.1 Å². The van der Waals surface area contributed by atoms with E-state index in [4.69, 9.17) is 5.73 Å². The Morgan fingerprint density at radius 3 is 2.57 bits per heavy atom. The molecule has 0 saturated carbocycles. The van der Waals surface area contributed by atoms with E-state index in [9.17, 15) is 22.8 Å². The van der Waals surface area contributed by atoms with Crippen molar-refractivity contribution in [1.29, 1.82) is 0 Å². The third-order valence-corrected chi connectivity index (χ3v) is 11.1. The molecule has 2 amide bonds. The molecule has 1 fully saturated rings. The predicted molar refractivity (Wildman–Crippen MR) is 144 cm³/mol. The second-order valence-electron chi connectivity index (χ2n) is 8.75. The molecular formula is C25H24F3IN6O2. The summed E-state index contributed by atoms with van der Waals surface area (Å²) in [4.78, 5) is 30.4. The fraction of sp³-hybridized carbons (Fsp3) is 0.240. The van der Waals surface area contributed by atoms with E-state index in [1.807, 2.05) is 25.4 Å². The van der Waals surface area contributed by atoms with Crippen molar-refractivity contribution < 1.29 is 22.8 Å². The van der Waals surface area contributed by atoms with E-state index in [1.54, 1.807) is 16.9 Å². The van der Waals surface area contributed by atoms with Crippen LogP contribution in [-0.2, 0) is 13.2 Å². The molecule has 0 bridgehead atoms. The van der Waals surface area contributed by atoms with Crippen LogP contribution in [0.3, 0.4) is 0 Å². The van der Waals surface area contributed by atoms with Crippen LogP contribution in [0.2, 0.25) is 0 Å². The molecule has 5 rings (SSSR count). The van der Waals surface area contributed by atoms with Crippen molar-refractivity contribution in [2.75, 3.05) is 20.4 Å². The first-order valence-electron chi connectivity index (χ1n) is 11.4. The molecular weight excluding hydrogens is 600 g/mol. The van der Waals surface area contributed by atoms with Crippen LogP contribution in [0.25, 0.3) is 22.2 Å². The number of aromatic nitrogens is 3. The van der Waals surface area contributed by atoms with Crippen LogP contribution in [0.5, 0.6) is 0 Å². The molecule has 0 radical (unpaired) electrons. The maximum absolute atomic E-state index is 12.8. The molecule has 2 aromatic heterocycles. The third-order valence-electron chi connectivity index (χ3n) is 6.17. The summed E-state index contributed by atoms with van der Waals surface area (Å²) < 4.78 is 44.9. The van der Waals surface area contributed by atoms with Crippen molar-refractivity contribution in [3.63, 3.8) is 0 Å². The van der Waals surface area contributed by atoms with Crippen molar-refractivity contribution in [1.82, 2.24) is 18.3 Å². The number of fused-ring (bicyclic) bond motifs is 1. The second-order valence-corrected chi connectivity index (χ2v) is 13.7. The predicted octanol–water partition coefficient (Wildman–Crippen LogP) is 4.71. The Bertz CT molecular complexity index is 1480. The molecule has 1 aliphatic heterocycles. The van der Waals surface area contributed by atoms with Gasteiger partial charge >= 0.3 is 218 Å². The van der Waals surface area contributed by atoms with Gasteiger partial charge in [0.15, 0.2) is 0 Å². The summed E-state index contributed by atoms with van der Waals surface area (Å²) in [6.45, 7) is 0.780. The number of anilines is 1. The Kier molecular flexibility index (Phi) is 6.60. The number of carbonyl (C=O) groups excluding carboxylic acids is 2. The number of alkyl halides is 5. The van der Waals surface area contributed by atoms with Gasteiger partial charge in [-0.1, -0.05) is 0 Å². The van der Waals surface area contributed by atoms with Crippen LogP contribution in [0.15, 0.2) is 54.9 Å². The number of hydrogen-bond donors (Lipinski definition) is 3. The molecule has 12 heteroatoms. The summed E-state index contributed by atoms with van der Waals surface area (Å²) in [5, 5.41) is 5.07. The van der Waals surface area contributed by atoms with Crippen LogP contribution in [-0.4, -0.2) is 42.1 Å². The van der Waals surface area contributed by atoms with Gasteiger partial charge in [-0.3, -0.25) is 0 Å². The number of amides is 2. The summed E-state index contributed by atoms with van der Waals surface area (Å²) >= 11 is -2.00. The van der Waals surface area contributed by atoms with Gasteiger partial charge in [0.2, 0.25) is 0 Å². The molecule has 4 N–H and O–H groups in total. The maximum atomic E-state index is 12.8. The standard InChI is InChI=1S/C25H24F3IN6O2/c1-34-13-16(12-31-34)20-11-19-21(8-7-18(23(30)36)22(19)32-20)35-10-2-9-29(14-35)33-24(37)15-3-5-17(6-4-15)25(26,27)28/h3-8,11-13,32H,2,9-10,14H2,1H3,(H2,30,36)(H,33,37). The van der Waals surface area contributed by atoms with Gasteiger partial charge in [-0.25, -0.2) is 0 Å². The van der Waals surface area contributed by atoms with E-state index in [0.717, 1.165) is 51.9 Å². The number of primary amides is 1. The summed E-state index contributed by atoms with van der Waals surface area (Å²) in [5.41, 5.74) is 8.69. The fourth-order valence-corrected chi connectivity index (χ4v) is 9.11. The Labute approximate surface area is 217 Å². The average Bonchev–Trinajstić information content (AvgIpc) is 3.49. The topological polar surface area (TPSA) is 109 Å². The number of aryl methyl sites for hydroxylation is 1. The minimum atomic E-state index is -4.45. The molecule has 194 valence electrons. The van der Waals surface area contributed by atoms with Crippen molar-refractivity contribution in [3.05, 3.63) is 71.5 Å². The molecule has 0 aliphatic carbocycles.